The summed E-state index contributed by atoms with van der Waals surface area (Å²) in [6.45, 7) is 5.05. The first-order valence-corrected chi connectivity index (χ1v) is 9.88. The molecule has 2 aromatic rings. The standard InChI is InChI=1S/C19H21ClN2O3S/c1-3-25-19(24)14-7-5-9-22(11-14)18(23)16-12(2)21-17(26-16)13-6-4-8-15(20)10-13/h4,6,8,10,14H,3,5,7,9,11H2,1-2H3. The number of amides is 1. The van der Waals surface area contributed by atoms with E-state index in [0.29, 0.717) is 35.3 Å². The Labute approximate surface area is 161 Å². The van der Waals surface area contributed by atoms with Crippen LogP contribution in [0.25, 0.3) is 10.6 Å². The molecule has 5 nitrogen and oxygen atoms in total. The molecule has 0 bridgehead atoms. The van der Waals surface area contributed by atoms with E-state index >= 15 is 0 Å². The van der Waals surface area contributed by atoms with Crippen molar-refractivity contribution in [2.75, 3.05) is 19.7 Å². The van der Waals surface area contributed by atoms with Gasteiger partial charge < -0.3 is 9.64 Å². The zero-order chi connectivity index (χ0) is 18.7. The zero-order valence-corrected chi connectivity index (χ0v) is 16.4. The van der Waals surface area contributed by atoms with Crippen LogP contribution in [0.2, 0.25) is 5.02 Å². The topological polar surface area (TPSA) is 59.5 Å². The number of halogens is 1. The molecule has 0 spiro atoms. The minimum Gasteiger partial charge on any atom is -0.466 e. The van der Waals surface area contributed by atoms with Crippen LogP contribution in [0, 0.1) is 12.8 Å². The average Bonchev–Trinajstić information content (AvgIpc) is 3.03. The Morgan fingerprint density at radius 2 is 2.23 bits per heavy atom. The van der Waals surface area contributed by atoms with E-state index in [-0.39, 0.29) is 17.8 Å². The number of likely N-dealkylation sites (tertiary alicyclic amines) is 1. The monoisotopic (exact) mass is 392 g/mol. The summed E-state index contributed by atoms with van der Waals surface area (Å²) in [7, 11) is 0. The van der Waals surface area contributed by atoms with Crippen LogP contribution in [0.4, 0.5) is 0 Å². The van der Waals surface area contributed by atoms with Gasteiger partial charge in [-0.05, 0) is 38.8 Å². The highest BCUT2D eigenvalue weighted by atomic mass is 35.5. The molecule has 138 valence electrons. The van der Waals surface area contributed by atoms with Gasteiger partial charge in [0, 0.05) is 23.7 Å². The molecular formula is C19H21ClN2O3S. The number of benzene rings is 1. The van der Waals surface area contributed by atoms with Crippen LogP contribution < -0.4 is 0 Å². The summed E-state index contributed by atoms with van der Waals surface area (Å²) >= 11 is 7.42. The Balaban J connectivity index is 1.78. The summed E-state index contributed by atoms with van der Waals surface area (Å²) in [6, 6.07) is 7.44. The van der Waals surface area contributed by atoms with Gasteiger partial charge in [-0.2, -0.15) is 0 Å². The number of rotatable bonds is 4. The number of carbonyl (C=O) groups is 2. The van der Waals surface area contributed by atoms with Gasteiger partial charge in [0.1, 0.15) is 9.88 Å². The molecule has 1 aromatic carbocycles. The predicted octanol–water partition coefficient (Wildman–Crippen LogP) is 4.19. The smallest absolute Gasteiger partial charge is 0.310 e. The third-order valence-electron chi connectivity index (χ3n) is 4.39. The SMILES string of the molecule is CCOC(=O)C1CCCN(C(=O)c2sc(-c3cccc(Cl)c3)nc2C)C1. The number of hydrogen-bond acceptors (Lipinski definition) is 5. The number of esters is 1. The normalized spacial score (nSPS) is 17.2. The van der Waals surface area contributed by atoms with Gasteiger partial charge in [-0.15, -0.1) is 11.3 Å². The number of ether oxygens (including phenoxy) is 1. The van der Waals surface area contributed by atoms with E-state index in [1.165, 1.54) is 11.3 Å². The van der Waals surface area contributed by atoms with E-state index in [4.69, 9.17) is 16.3 Å². The molecule has 0 N–H and O–H groups in total. The fraction of sp³-hybridized carbons (Fsp3) is 0.421. The molecule has 1 atom stereocenters. The van der Waals surface area contributed by atoms with E-state index in [0.717, 1.165) is 23.4 Å². The molecule has 3 rings (SSSR count). The summed E-state index contributed by atoms with van der Waals surface area (Å²) < 4.78 is 5.11. The van der Waals surface area contributed by atoms with Crippen LogP contribution >= 0.6 is 22.9 Å². The van der Waals surface area contributed by atoms with Crippen molar-refractivity contribution in [3.05, 3.63) is 39.9 Å². The minimum absolute atomic E-state index is 0.0673. The highest BCUT2D eigenvalue weighted by molar-refractivity contribution is 7.17. The number of aryl methyl sites for hydroxylation is 1. The van der Waals surface area contributed by atoms with Crippen LogP contribution in [-0.4, -0.2) is 41.5 Å². The molecule has 1 aliphatic rings. The molecule has 1 aliphatic heterocycles. The summed E-state index contributed by atoms with van der Waals surface area (Å²) in [5, 5.41) is 1.41. The highest BCUT2D eigenvalue weighted by Crippen LogP contribution is 2.31. The molecule has 1 saturated heterocycles. The number of aromatic nitrogens is 1. The van der Waals surface area contributed by atoms with Crippen molar-refractivity contribution < 1.29 is 14.3 Å². The largest absolute Gasteiger partial charge is 0.466 e. The first-order chi connectivity index (χ1) is 12.5. The lowest BCUT2D eigenvalue weighted by atomic mass is 9.98. The molecule has 0 saturated carbocycles. The first-order valence-electron chi connectivity index (χ1n) is 8.69. The Kier molecular flexibility index (Phi) is 5.94. The van der Waals surface area contributed by atoms with E-state index in [2.05, 4.69) is 4.98 Å². The van der Waals surface area contributed by atoms with Gasteiger partial charge in [-0.3, -0.25) is 9.59 Å². The number of thiazole rings is 1. The van der Waals surface area contributed by atoms with Crippen molar-refractivity contribution in [3.63, 3.8) is 0 Å². The molecular weight excluding hydrogens is 372 g/mol. The lowest BCUT2D eigenvalue weighted by molar-refractivity contribution is -0.149. The molecule has 1 unspecified atom stereocenters. The maximum Gasteiger partial charge on any atom is 0.310 e. The van der Waals surface area contributed by atoms with Crippen molar-refractivity contribution in [3.8, 4) is 10.6 Å². The Morgan fingerprint density at radius 1 is 1.42 bits per heavy atom. The molecule has 7 heteroatoms. The molecule has 0 radical (unpaired) electrons. The lowest BCUT2D eigenvalue weighted by Crippen LogP contribution is -2.42. The van der Waals surface area contributed by atoms with Crippen molar-refractivity contribution >= 4 is 34.8 Å². The van der Waals surface area contributed by atoms with Crippen molar-refractivity contribution in [2.45, 2.75) is 26.7 Å². The van der Waals surface area contributed by atoms with Gasteiger partial charge in [0.15, 0.2) is 0 Å². The predicted molar refractivity (Wildman–Crippen MR) is 103 cm³/mol. The van der Waals surface area contributed by atoms with Gasteiger partial charge in [-0.1, -0.05) is 23.7 Å². The lowest BCUT2D eigenvalue weighted by Gasteiger charge is -2.31. The highest BCUT2D eigenvalue weighted by Gasteiger charge is 2.31. The van der Waals surface area contributed by atoms with Gasteiger partial charge in [0.2, 0.25) is 0 Å². The van der Waals surface area contributed by atoms with E-state index < -0.39 is 0 Å². The zero-order valence-electron chi connectivity index (χ0n) is 14.8. The molecule has 1 amide bonds. The minimum atomic E-state index is -0.242. The third-order valence-corrected chi connectivity index (χ3v) is 5.82. The Bertz CT molecular complexity index is 821. The molecule has 1 aromatic heterocycles. The maximum atomic E-state index is 13.0. The van der Waals surface area contributed by atoms with Gasteiger partial charge in [0.05, 0.1) is 18.2 Å². The fourth-order valence-electron chi connectivity index (χ4n) is 3.10. The second-order valence-corrected chi connectivity index (χ2v) is 7.72. The average molecular weight is 393 g/mol. The number of nitrogens with zero attached hydrogens (tertiary/aromatic N) is 2. The van der Waals surface area contributed by atoms with Crippen molar-refractivity contribution in [2.24, 2.45) is 5.92 Å². The third kappa shape index (κ3) is 4.07. The fourth-order valence-corrected chi connectivity index (χ4v) is 4.32. The number of piperidine rings is 1. The second-order valence-electron chi connectivity index (χ2n) is 6.29. The quantitative estimate of drug-likeness (QED) is 0.732. The van der Waals surface area contributed by atoms with Crippen molar-refractivity contribution in [1.29, 1.82) is 0 Å². The Morgan fingerprint density at radius 3 is 2.96 bits per heavy atom. The summed E-state index contributed by atoms with van der Waals surface area (Å²) in [5.41, 5.74) is 1.60. The van der Waals surface area contributed by atoms with Crippen LogP contribution in [0.3, 0.4) is 0 Å². The second kappa shape index (κ2) is 8.18. The van der Waals surface area contributed by atoms with Gasteiger partial charge in [0.25, 0.3) is 5.91 Å². The summed E-state index contributed by atoms with van der Waals surface area (Å²) in [5.74, 6) is -0.527. The summed E-state index contributed by atoms with van der Waals surface area (Å²) in [6.07, 6.45) is 1.56. The van der Waals surface area contributed by atoms with E-state index in [9.17, 15) is 9.59 Å². The number of carbonyl (C=O) groups excluding carboxylic acids is 2. The van der Waals surface area contributed by atoms with E-state index in [1.54, 1.807) is 17.9 Å². The van der Waals surface area contributed by atoms with Crippen molar-refractivity contribution in [1.82, 2.24) is 9.88 Å². The number of hydrogen-bond donors (Lipinski definition) is 0. The van der Waals surface area contributed by atoms with Gasteiger partial charge in [-0.25, -0.2) is 4.98 Å². The molecule has 0 aliphatic carbocycles. The molecule has 26 heavy (non-hydrogen) atoms. The first kappa shape index (κ1) is 18.9. The van der Waals surface area contributed by atoms with Crippen LogP contribution in [0.1, 0.15) is 35.1 Å². The maximum absolute atomic E-state index is 13.0. The van der Waals surface area contributed by atoms with Gasteiger partial charge >= 0.3 is 5.97 Å². The van der Waals surface area contributed by atoms with Crippen LogP contribution in [0.5, 0.6) is 0 Å². The molecule has 2 heterocycles. The van der Waals surface area contributed by atoms with E-state index in [1.807, 2.05) is 25.1 Å². The molecule has 1 fully saturated rings. The summed E-state index contributed by atoms with van der Waals surface area (Å²) in [4.78, 5) is 31.9. The van der Waals surface area contributed by atoms with Crippen LogP contribution in [-0.2, 0) is 9.53 Å². The Hall–Kier alpha value is -1.92. The van der Waals surface area contributed by atoms with Crippen LogP contribution in [0.15, 0.2) is 24.3 Å².